The van der Waals surface area contributed by atoms with E-state index in [1.807, 2.05) is 0 Å². The Kier molecular flexibility index (Phi) is 3.50. The van der Waals surface area contributed by atoms with Gasteiger partial charge < -0.3 is 5.32 Å². The van der Waals surface area contributed by atoms with Gasteiger partial charge in [-0.15, -0.1) is 0 Å². The Morgan fingerprint density at radius 1 is 1.59 bits per heavy atom. The SMILES string of the molecule is C[C@H]1CCNC[C@H]1NS(=O)(=O)c1cnn(C)c1. The minimum Gasteiger partial charge on any atom is -0.315 e. The lowest BCUT2D eigenvalue weighted by atomic mass is 9.96. The van der Waals surface area contributed by atoms with Gasteiger partial charge in [-0.05, 0) is 18.9 Å². The normalized spacial score (nSPS) is 26.0. The fraction of sp³-hybridized carbons (Fsp3) is 0.700. The number of aryl methyl sites for hydroxylation is 1. The van der Waals surface area contributed by atoms with Gasteiger partial charge in [0.25, 0.3) is 0 Å². The summed E-state index contributed by atoms with van der Waals surface area (Å²) in [7, 11) is -1.75. The lowest BCUT2D eigenvalue weighted by Gasteiger charge is -2.29. The van der Waals surface area contributed by atoms with E-state index in [-0.39, 0.29) is 10.9 Å². The molecule has 17 heavy (non-hydrogen) atoms. The lowest BCUT2D eigenvalue weighted by molar-refractivity contribution is 0.327. The summed E-state index contributed by atoms with van der Waals surface area (Å²) in [5, 5.41) is 7.07. The van der Waals surface area contributed by atoms with Crippen LogP contribution in [0.1, 0.15) is 13.3 Å². The van der Waals surface area contributed by atoms with Crippen molar-refractivity contribution >= 4 is 10.0 Å². The van der Waals surface area contributed by atoms with Crippen molar-refractivity contribution in [2.24, 2.45) is 13.0 Å². The Hall–Kier alpha value is -0.920. The predicted octanol–water partition coefficient (Wildman–Crippen LogP) is -0.304. The van der Waals surface area contributed by atoms with E-state index in [4.69, 9.17) is 0 Å². The van der Waals surface area contributed by atoms with Crippen LogP contribution in [0.4, 0.5) is 0 Å². The molecule has 0 aliphatic carbocycles. The Labute approximate surface area is 101 Å². The standard InChI is InChI=1S/C10H18N4O2S/c1-8-3-4-11-6-10(8)13-17(15,16)9-5-12-14(2)7-9/h5,7-8,10-11,13H,3-4,6H2,1-2H3/t8-,10+/m0/s1. The van der Waals surface area contributed by atoms with Gasteiger partial charge in [0.1, 0.15) is 4.90 Å². The van der Waals surface area contributed by atoms with Crippen LogP contribution in [0, 0.1) is 5.92 Å². The smallest absolute Gasteiger partial charge is 0.243 e. The fourth-order valence-corrected chi connectivity index (χ4v) is 3.28. The number of rotatable bonds is 3. The summed E-state index contributed by atoms with van der Waals surface area (Å²) in [5.74, 6) is 0.350. The highest BCUT2D eigenvalue weighted by atomic mass is 32.2. The summed E-state index contributed by atoms with van der Waals surface area (Å²) in [4.78, 5) is 0.220. The average Bonchev–Trinajstić information content (AvgIpc) is 2.69. The largest absolute Gasteiger partial charge is 0.315 e. The van der Waals surface area contributed by atoms with Gasteiger partial charge >= 0.3 is 0 Å². The Morgan fingerprint density at radius 3 is 2.94 bits per heavy atom. The van der Waals surface area contributed by atoms with Gasteiger partial charge in [0.15, 0.2) is 0 Å². The van der Waals surface area contributed by atoms with Crippen LogP contribution in [0.3, 0.4) is 0 Å². The van der Waals surface area contributed by atoms with E-state index in [9.17, 15) is 8.42 Å². The second kappa shape index (κ2) is 4.75. The predicted molar refractivity (Wildman–Crippen MR) is 64.0 cm³/mol. The first-order valence-corrected chi connectivity index (χ1v) is 7.19. The van der Waals surface area contributed by atoms with E-state index in [0.717, 1.165) is 13.0 Å². The molecule has 1 aromatic heterocycles. The van der Waals surface area contributed by atoms with Crippen molar-refractivity contribution in [1.29, 1.82) is 0 Å². The minimum absolute atomic E-state index is 0.0473. The molecule has 2 atom stereocenters. The van der Waals surface area contributed by atoms with Gasteiger partial charge in [-0.3, -0.25) is 4.68 Å². The van der Waals surface area contributed by atoms with Crippen LogP contribution in [0.5, 0.6) is 0 Å². The number of hydrogen-bond donors (Lipinski definition) is 2. The van der Waals surface area contributed by atoms with E-state index < -0.39 is 10.0 Å². The lowest BCUT2D eigenvalue weighted by Crippen LogP contribution is -2.50. The number of hydrogen-bond acceptors (Lipinski definition) is 4. The zero-order valence-electron chi connectivity index (χ0n) is 10.0. The van der Waals surface area contributed by atoms with Gasteiger partial charge in [0, 0.05) is 25.8 Å². The first-order valence-electron chi connectivity index (χ1n) is 5.71. The molecule has 1 saturated heterocycles. The van der Waals surface area contributed by atoms with Crippen molar-refractivity contribution < 1.29 is 8.42 Å². The number of nitrogens with one attached hydrogen (secondary N) is 2. The van der Waals surface area contributed by atoms with Gasteiger partial charge in [-0.2, -0.15) is 5.10 Å². The maximum atomic E-state index is 12.1. The molecule has 0 aromatic carbocycles. The van der Waals surface area contributed by atoms with E-state index in [0.29, 0.717) is 12.5 Å². The van der Waals surface area contributed by atoms with Crippen molar-refractivity contribution in [2.45, 2.75) is 24.3 Å². The molecule has 6 nitrogen and oxygen atoms in total. The number of aromatic nitrogens is 2. The molecule has 2 rings (SSSR count). The van der Waals surface area contributed by atoms with Gasteiger partial charge in [0.05, 0.1) is 6.20 Å². The summed E-state index contributed by atoms with van der Waals surface area (Å²) in [6.07, 6.45) is 3.85. The molecule has 0 amide bonds. The first kappa shape index (κ1) is 12.5. The highest BCUT2D eigenvalue weighted by Gasteiger charge is 2.27. The fourth-order valence-electron chi connectivity index (χ4n) is 1.95. The molecule has 1 aromatic rings. The summed E-state index contributed by atoms with van der Waals surface area (Å²) in [6.45, 7) is 3.70. The highest BCUT2D eigenvalue weighted by molar-refractivity contribution is 7.89. The molecule has 1 aliphatic rings. The van der Waals surface area contributed by atoms with E-state index >= 15 is 0 Å². The maximum Gasteiger partial charge on any atom is 0.243 e. The van der Waals surface area contributed by atoms with Crippen LogP contribution < -0.4 is 10.0 Å². The monoisotopic (exact) mass is 258 g/mol. The third-order valence-corrected chi connectivity index (χ3v) is 4.57. The van der Waals surface area contributed by atoms with Crippen LogP contribution in [0.25, 0.3) is 0 Å². The molecule has 2 heterocycles. The molecule has 0 unspecified atom stereocenters. The molecule has 0 saturated carbocycles. The summed E-state index contributed by atoms with van der Waals surface area (Å²) in [6, 6.07) is -0.0473. The van der Waals surface area contributed by atoms with E-state index in [1.54, 1.807) is 7.05 Å². The molecule has 0 radical (unpaired) electrons. The Bertz CT molecular complexity index is 482. The van der Waals surface area contributed by atoms with E-state index in [2.05, 4.69) is 22.1 Å². The Balaban J connectivity index is 2.11. The topological polar surface area (TPSA) is 76.0 Å². The molecule has 1 aliphatic heterocycles. The molecule has 96 valence electrons. The first-order chi connectivity index (χ1) is 7.99. The van der Waals surface area contributed by atoms with Gasteiger partial charge in [0.2, 0.25) is 10.0 Å². The molecule has 1 fully saturated rings. The minimum atomic E-state index is -3.45. The van der Waals surface area contributed by atoms with Crippen molar-refractivity contribution in [2.75, 3.05) is 13.1 Å². The Morgan fingerprint density at radius 2 is 2.35 bits per heavy atom. The van der Waals surface area contributed by atoms with Crippen LogP contribution in [0.2, 0.25) is 0 Å². The summed E-state index contributed by atoms with van der Waals surface area (Å²) in [5.41, 5.74) is 0. The third-order valence-electron chi connectivity index (χ3n) is 3.13. The van der Waals surface area contributed by atoms with Crippen LogP contribution in [0.15, 0.2) is 17.3 Å². The second-order valence-electron chi connectivity index (χ2n) is 4.55. The quantitative estimate of drug-likeness (QED) is 0.780. The second-order valence-corrected chi connectivity index (χ2v) is 6.26. The number of sulfonamides is 1. The molecule has 0 bridgehead atoms. The maximum absolute atomic E-state index is 12.1. The van der Waals surface area contributed by atoms with Crippen LogP contribution in [-0.2, 0) is 17.1 Å². The summed E-state index contributed by atoms with van der Waals surface area (Å²) < 4.78 is 28.3. The van der Waals surface area contributed by atoms with Crippen LogP contribution >= 0.6 is 0 Å². The zero-order chi connectivity index (χ0) is 12.5. The average molecular weight is 258 g/mol. The van der Waals surface area contributed by atoms with Crippen LogP contribution in [-0.4, -0.2) is 37.3 Å². The van der Waals surface area contributed by atoms with Crippen molar-refractivity contribution in [3.63, 3.8) is 0 Å². The molecule has 0 spiro atoms. The highest BCUT2D eigenvalue weighted by Crippen LogP contribution is 2.15. The summed E-state index contributed by atoms with van der Waals surface area (Å²) >= 11 is 0. The molecular weight excluding hydrogens is 240 g/mol. The number of piperidine rings is 1. The molecular formula is C10H18N4O2S. The zero-order valence-corrected chi connectivity index (χ0v) is 10.9. The van der Waals surface area contributed by atoms with Gasteiger partial charge in [-0.1, -0.05) is 6.92 Å². The van der Waals surface area contributed by atoms with Gasteiger partial charge in [-0.25, -0.2) is 13.1 Å². The van der Waals surface area contributed by atoms with Crippen molar-refractivity contribution in [3.8, 4) is 0 Å². The third kappa shape index (κ3) is 2.85. The van der Waals surface area contributed by atoms with E-state index in [1.165, 1.54) is 17.1 Å². The van der Waals surface area contributed by atoms with Crippen molar-refractivity contribution in [3.05, 3.63) is 12.4 Å². The molecule has 7 heteroatoms. The molecule has 2 N–H and O–H groups in total. The number of nitrogens with zero attached hydrogens (tertiary/aromatic N) is 2. The van der Waals surface area contributed by atoms with Crippen molar-refractivity contribution in [1.82, 2.24) is 19.8 Å².